The standard InChI is InChI=1S/C31H30NO/c1-18(2)20-13-14-32(6)27(15-20)29-19(3)11-12-22-24-16-23-21-9-7-8-10-25(21)31(4,5)26(23)17-28(24)33-30(22)29/h7-18H,1-6H3/q+1/i4D3,5D3,18D. The number of hydrogen-bond donors (Lipinski definition) is 0. The maximum Gasteiger partial charge on any atom is 0.216 e. The molecule has 5 aromatic rings. The molecule has 2 nitrogen and oxygen atoms in total. The molecule has 2 aromatic heterocycles. The van der Waals surface area contributed by atoms with E-state index in [4.69, 9.17) is 14.0 Å². The van der Waals surface area contributed by atoms with Crippen LogP contribution in [0.4, 0.5) is 0 Å². The van der Waals surface area contributed by atoms with Crippen molar-refractivity contribution in [2.45, 2.75) is 45.8 Å². The number of nitrogens with zero attached hydrogens (tertiary/aromatic N) is 1. The highest BCUT2D eigenvalue weighted by Crippen LogP contribution is 2.51. The van der Waals surface area contributed by atoms with Crippen molar-refractivity contribution in [1.82, 2.24) is 0 Å². The summed E-state index contributed by atoms with van der Waals surface area (Å²) in [5, 5.41) is 1.64. The number of fused-ring (bicyclic) bond motifs is 6. The topological polar surface area (TPSA) is 17.0 Å². The quantitative estimate of drug-likeness (QED) is 0.256. The summed E-state index contributed by atoms with van der Waals surface area (Å²) in [7, 11) is 1.95. The van der Waals surface area contributed by atoms with Gasteiger partial charge in [0, 0.05) is 37.9 Å². The Morgan fingerprint density at radius 1 is 0.939 bits per heavy atom. The van der Waals surface area contributed by atoms with Crippen LogP contribution in [0.15, 0.2) is 71.3 Å². The molecule has 0 spiro atoms. The molecule has 0 radical (unpaired) electrons. The second kappa shape index (κ2) is 6.81. The predicted molar refractivity (Wildman–Crippen MR) is 137 cm³/mol. The van der Waals surface area contributed by atoms with Gasteiger partial charge in [0.2, 0.25) is 5.69 Å². The van der Waals surface area contributed by atoms with Crippen LogP contribution in [0.5, 0.6) is 0 Å². The van der Waals surface area contributed by atoms with Gasteiger partial charge in [-0.15, -0.1) is 0 Å². The van der Waals surface area contributed by atoms with Crippen molar-refractivity contribution < 1.29 is 18.6 Å². The lowest BCUT2D eigenvalue weighted by molar-refractivity contribution is -0.660. The van der Waals surface area contributed by atoms with Crippen LogP contribution in [-0.2, 0) is 12.5 Å². The minimum absolute atomic E-state index is 0.238. The van der Waals surface area contributed by atoms with Gasteiger partial charge in [-0.25, -0.2) is 4.57 Å². The van der Waals surface area contributed by atoms with E-state index < -0.39 is 25.0 Å². The predicted octanol–water partition coefficient (Wildman–Crippen LogP) is 7.82. The average molecular weight is 440 g/mol. The van der Waals surface area contributed by atoms with Crippen LogP contribution < -0.4 is 4.57 Å². The molecule has 1 aliphatic rings. The fourth-order valence-electron chi connectivity index (χ4n) is 5.15. The molecule has 0 N–H and O–H groups in total. The van der Waals surface area contributed by atoms with Gasteiger partial charge in [0.15, 0.2) is 6.20 Å². The van der Waals surface area contributed by atoms with Gasteiger partial charge >= 0.3 is 0 Å². The molecule has 0 saturated carbocycles. The third kappa shape index (κ3) is 2.76. The maximum absolute atomic E-state index is 8.55. The first-order valence-electron chi connectivity index (χ1n) is 14.7. The first-order valence-corrected chi connectivity index (χ1v) is 11.2. The molecule has 2 heteroatoms. The zero-order valence-electron chi connectivity index (χ0n) is 26.2. The third-order valence-electron chi connectivity index (χ3n) is 7.00. The normalized spacial score (nSPS) is 18.5. The highest BCUT2D eigenvalue weighted by atomic mass is 16.3. The Hall–Kier alpha value is -3.39. The summed E-state index contributed by atoms with van der Waals surface area (Å²) in [6.07, 6.45) is 1.94. The fourth-order valence-corrected chi connectivity index (χ4v) is 5.15. The van der Waals surface area contributed by atoms with Gasteiger partial charge in [0.05, 0.1) is 5.56 Å². The molecule has 0 amide bonds. The summed E-state index contributed by atoms with van der Waals surface area (Å²) in [4.78, 5) is 0. The largest absolute Gasteiger partial charge is 0.455 e. The number of aromatic nitrogens is 1. The van der Waals surface area contributed by atoms with Crippen molar-refractivity contribution in [3.8, 4) is 22.4 Å². The first-order chi connectivity index (χ1) is 18.6. The Balaban J connectivity index is 1.72. The molecule has 164 valence electrons. The molecule has 0 atom stereocenters. The third-order valence-corrected chi connectivity index (χ3v) is 7.00. The molecule has 33 heavy (non-hydrogen) atoms. The molecule has 2 heterocycles. The summed E-state index contributed by atoms with van der Waals surface area (Å²) in [6, 6.07) is 18.4. The average Bonchev–Trinajstić information content (AvgIpc) is 3.35. The van der Waals surface area contributed by atoms with Crippen molar-refractivity contribution in [2.75, 3.05) is 0 Å². The van der Waals surface area contributed by atoms with E-state index in [0.29, 0.717) is 27.9 Å². The molecule has 1 aliphatic carbocycles. The van der Waals surface area contributed by atoms with Crippen molar-refractivity contribution in [3.63, 3.8) is 0 Å². The maximum atomic E-state index is 8.55. The molecule has 0 aliphatic heterocycles. The van der Waals surface area contributed by atoms with Gasteiger partial charge in [-0.1, -0.05) is 63.9 Å². The van der Waals surface area contributed by atoms with E-state index in [9.17, 15) is 0 Å². The zero-order chi connectivity index (χ0) is 29.0. The lowest BCUT2D eigenvalue weighted by Gasteiger charge is -2.21. The molecular weight excluding hydrogens is 402 g/mol. The lowest BCUT2D eigenvalue weighted by Crippen LogP contribution is -2.31. The van der Waals surface area contributed by atoms with Crippen molar-refractivity contribution in [3.05, 3.63) is 89.1 Å². The summed E-state index contributed by atoms with van der Waals surface area (Å²) in [6.45, 7) is 0.0338. The van der Waals surface area contributed by atoms with Crippen LogP contribution in [0, 0.1) is 6.92 Å². The molecule has 0 unspecified atom stereocenters. The smallest absolute Gasteiger partial charge is 0.216 e. The summed E-state index contributed by atoms with van der Waals surface area (Å²) in [5.41, 5.74) is 4.25. The monoisotopic (exact) mass is 439 g/mol. The molecular formula is C31H30NO+. The number of rotatable bonds is 2. The Kier molecular flexibility index (Phi) is 2.89. The van der Waals surface area contributed by atoms with E-state index in [0.717, 1.165) is 33.2 Å². The molecule has 3 aromatic carbocycles. The van der Waals surface area contributed by atoms with Crippen LogP contribution in [0.1, 0.15) is 65.3 Å². The van der Waals surface area contributed by atoms with Crippen LogP contribution in [0.25, 0.3) is 44.3 Å². The number of aryl methyl sites for hydroxylation is 2. The van der Waals surface area contributed by atoms with Crippen molar-refractivity contribution in [1.29, 1.82) is 0 Å². The van der Waals surface area contributed by atoms with E-state index in [1.807, 2.05) is 68.9 Å². The minimum atomic E-state index is -2.84. The highest BCUT2D eigenvalue weighted by molar-refractivity contribution is 6.11. The lowest BCUT2D eigenvalue weighted by atomic mass is 9.82. The van der Waals surface area contributed by atoms with Crippen molar-refractivity contribution >= 4 is 21.9 Å². The SMILES string of the molecule is [2H]C(C)(C)c1cc[n+](C)c(-c2c(C)ccc3c2oc2cc4c(cc23)-c2ccccc2C4(C([2H])([2H])[2H])C([2H])([2H])[2H])c1. The van der Waals surface area contributed by atoms with Gasteiger partial charge < -0.3 is 4.42 Å². The van der Waals surface area contributed by atoms with Gasteiger partial charge in [0.1, 0.15) is 18.2 Å². The van der Waals surface area contributed by atoms with Crippen LogP contribution in [0.3, 0.4) is 0 Å². The van der Waals surface area contributed by atoms with Gasteiger partial charge in [-0.05, 0) is 58.3 Å². The number of hydrogen-bond acceptors (Lipinski definition) is 1. The second-order valence-electron chi connectivity index (χ2n) is 9.34. The van der Waals surface area contributed by atoms with Gasteiger partial charge in [0.25, 0.3) is 0 Å². The van der Waals surface area contributed by atoms with Crippen LogP contribution in [-0.4, -0.2) is 0 Å². The van der Waals surface area contributed by atoms with Gasteiger partial charge in [-0.2, -0.15) is 0 Å². The number of benzene rings is 3. The van der Waals surface area contributed by atoms with Crippen LogP contribution in [0.2, 0.25) is 0 Å². The first kappa shape index (κ1) is 14.0. The van der Waals surface area contributed by atoms with E-state index in [1.54, 1.807) is 30.3 Å². The highest BCUT2D eigenvalue weighted by Gasteiger charge is 2.36. The molecule has 0 fully saturated rings. The Morgan fingerprint density at radius 2 is 1.76 bits per heavy atom. The van der Waals surface area contributed by atoms with Gasteiger partial charge in [-0.3, -0.25) is 0 Å². The molecule has 0 saturated heterocycles. The molecule has 0 bridgehead atoms. The van der Waals surface area contributed by atoms with E-state index >= 15 is 0 Å². The minimum Gasteiger partial charge on any atom is -0.455 e. The summed E-state index contributed by atoms with van der Waals surface area (Å²) >= 11 is 0. The number of furan rings is 1. The Morgan fingerprint density at radius 3 is 2.55 bits per heavy atom. The zero-order valence-corrected chi connectivity index (χ0v) is 19.2. The summed E-state index contributed by atoms with van der Waals surface area (Å²) < 4.78 is 68.1. The second-order valence-corrected chi connectivity index (χ2v) is 9.34. The summed E-state index contributed by atoms with van der Waals surface area (Å²) in [5.74, 6) is -0.791. The Bertz CT molecular complexity index is 1820. The Labute approximate surface area is 205 Å². The van der Waals surface area contributed by atoms with Crippen LogP contribution >= 0.6 is 0 Å². The van der Waals surface area contributed by atoms with E-state index in [1.165, 1.54) is 0 Å². The fraction of sp³-hybridized carbons (Fsp3) is 0.258. The van der Waals surface area contributed by atoms with Crippen molar-refractivity contribution in [2.24, 2.45) is 7.05 Å². The van der Waals surface area contributed by atoms with E-state index in [-0.39, 0.29) is 5.56 Å². The molecule has 6 rings (SSSR count). The number of pyridine rings is 1. The van der Waals surface area contributed by atoms with E-state index in [2.05, 4.69) is 0 Å².